The number of sulfonamides is 1. The van der Waals surface area contributed by atoms with Gasteiger partial charge in [-0.1, -0.05) is 30.1 Å². The van der Waals surface area contributed by atoms with Gasteiger partial charge in [-0.15, -0.1) is 0 Å². The normalized spacial score (nSPS) is 18.4. The van der Waals surface area contributed by atoms with E-state index in [1.165, 1.54) is 16.6 Å². The van der Waals surface area contributed by atoms with E-state index in [1.54, 1.807) is 0 Å². The van der Waals surface area contributed by atoms with E-state index < -0.39 is 10.0 Å². The molecule has 2 rings (SSSR count). The number of nitrogens with zero attached hydrogens (tertiary/aromatic N) is 3. The van der Waals surface area contributed by atoms with Gasteiger partial charge in [0.25, 0.3) is 0 Å². The van der Waals surface area contributed by atoms with E-state index in [1.807, 2.05) is 0 Å². The maximum absolute atomic E-state index is 12.5. The summed E-state index contributed by atoms with van der Waals surface area (Å²) < 4.78 is 26.4. The number of aromatic nitrogens is 1. The largest absolute Gasteiger partial charge is 0.301 e. The number of pyridine rings is 1. The van der Waals surface area contributed by atoms with Gasteiger partial charge < -0.3 is 4.90 Å². The maximum atomic E-state index is 12.5. The summed E-state index contributed by atoms with van der Waals surface area (Å²) in [6, 6.07) is 1.35. The zero-order valence-electron chi connectivity index (χ0n) is 11.2. The Morgan fingerprint density at radius 3 is 2.45 bits per heavy atom. The molecule has 1 aromatic rings. The standard InChI is InChI=1S/C12H17Cl2N3O2S/c1-2-3-16-4-6-17(7-5-16)20(18,19)10-8-11(13)12(14)15-9-10/h8-9H,2-7H2,1H3. The van der Waals surface area contributed by atoms with Gasteiger partial charge in [0.05, 0.1) is 5.02 Å². The van der Waals surface area contributed by atoms with Crippen molar-refractivity contribution in [3.63, 3.8) is 0 Å². The molecule has 8 heteroatoms. The Labute approximate surface area is 129 Å². The highest BCUT2D eigenvalue weighted by atomic mass is 35.5. The highest BCUT2D eigenvalue weighted by molar-refractivity contribution is 7.89. The third-order valence-corrected chi connectivity index (χ3v) is 5.83. The number of hydrogen-bond donors (Lipinski definition) is 0. The molecule has 0 N–H and O–H groups in total. The summed E-state index contributed by atoms with van der Waals surface area (Å²) in [7, 11) is -3.54. The van der Waals surface area contributed by atoms with Crippen LogP contribution in [0, 0.1) is 0 Å². The third kappa shape index (κ3) is 3.43. The summed E-state index contributed by atoms with van der Waals surface area (Å²) in [5.41, 5.74) is 0. The molecule has 0 bridgehead atoms. The van der Waals surface area contributed by atoms with E-state index >= 15 is 0 Å². The molecule has 0 unspecified atom stereocenters. The molecule has 1 fully saturated rings. The van der Waals surface area contributed by atoms with Gasteiger partial charge in [0.1, 0.15) is 10.0 Å². The van der Waals surface area contributed by atoms with E-state index in [4.69, 9.17) is 23.2 Å². The quantitative estimate of drug-likeness (QED) is 0.789. The van der Waals surface area contributed by atoms with Gasteiger partial charge in [-0.25, -0.2) is 13.4 Å². The lowest BCUT2D eigenvalue weighted by Gasteiger charge is -2.33. The third-order valence-electron chi connectivity index (χ3n) is 3.28. The molecule has 0 radical (unpaired) electrons. The van der Waals surface area contributed by atoms with E-state index in [2.05, 4.69) is 16.8 Å². The van der Waals surface area contributed by atoms with Crippen molar-refractivity contribution in [1.82, 2.24) is 14.2 Å². The molecule has 1 saturated heterocycles. The van der Waals surface area contributed by atoms with Crippen molar-refractivity contribution in [1.29, 1.82) is 0 Å². The molecule has 1 aliphatic heterocycles. The first-order valence-electron chi connectivity index (χ1n) is 6.48. The Hall–Kier alpha value is -0.400. The number of hydrogen-bond acceptors (Lipinski definition) is 4. The van der Waals surface area contributed by atoms with Crippen LogP contribution < -0.4 is 0 Å². The molecule has 20 heavy (non-hydrogen) atoms. The predicted octanol–water partition coefficient (Wildman–Crippen LogP) is 2.10. The first-order chi connectivity index (χ1) is 9.45. The fraction of sp³-hybridized carbons (Fsp3) is 0.583. The second-order valence-electron chi connectivity index (χ2n) is 4.69. The summed E-state index contributed by atoms with van der Waals surface area (Å²) in [5.74, 6) is 0. The molecule has 112 valence electrons. The van der Waals surface area contributed by atoms with Gasteiger partial charge in [0.15, 0.2) is 0 Å². The van der Waals surface area contributed by atoms with E-state index in [-0.39, 0.29) is 15.1 Å². The number of rotatable bonds is 4. The van der Waals surface area contributed by atoms with Crippen molar-refractivity contribution in [3.05, 3.63) is 22.4 Å². The van der Waals surface area contributed by atoms with Crippen molar-refractivity contribution in [2.24, 2.45) is 0 Å². The van der Waals surface area contributed by atoms with Crippen LogP contribution in [0.2, 0.25) is 10.2 Å². The van der Waals surface area contributed by atoms with Gasteiger partial charge in [-0.3, -0.25) is 0 Å². The van der Waals surface area contributed by atoms with Crippen molar-refractivity contribution < 1.29 is 8.42 Å². The lowest BCUT2D eigenvalue weighted by Crippen LogP contribution is -2.48. The average molecular weight is 338 g/mol. The van der Waals surface area contributed by atoms with E-state index in [9.17, 15) is 8.42 Å². The van der Waals surface area contributed by atoms with Crippen LogP contribution in [-0.2, 0) is 10.0 Å². The second kappa shape index (κ2) is 6.58. The van der Waals surface area contributed by atoms with E-state index in [0.29, 0.717) is 13.1 Å². The zero-order chi connectivity index (χ0) is 14.8. The van der Waals surface area contributed by atoms with Gasteiger partial charge in [0, 0.05) is 32.4 Å². The molecule has 0 amide bonds. The van der Waals surface area contributed by atoms with Crippen molar-refractivity contribution in [2.75, 3.05) is 32.7 Å². The smallest absolute Gasteiger partial charge is 0.244 e. The molecule has 5 nitrogen and oxygen atoms in total. The summed E-state index contributed by atoms with van der Waals surface area (Å²) in [6.45, 7) is 5.60. The summed E-state index contributed by atoms with van der Waals surface area (Å²) >= 11 is 11.5. The van der Waals surface area contributed by atoms with Crippen LogP contribution in [0.1, 0.15) is 13.3 Å². The molecule has 0 saturated carbocycles. The van der Waals surface area contributed by atoms with Crippen LogP contribution in [0.5, 0.6) is 0 Å². The summed E-state index contributed by atoms with van der Waals surface area (Å²) in [4.78, 5) is 6.16. The molecular weight excluding hydrogens is 321 g/mol. The molecule has 0 aliphatic carbocycles. The topological polar surface area (TPSA) is 53.5 Å². The Bertz CT molecular complexity index is 572. The van der Waals surface area contributed by atoms with Gasteiger partial charge >= 0.3 is 0 Å². The first kappa shape index (κ1) is 16.0. The number of halogens is 2. The van der Waals surface area contributed by atoms with Crippen LogP contribution in [0.4, 0.5) is 0 Å². The fourth-order valence-electron chi connectivity index (χ4n) is 2.20. The Kier molecular flexibility index (Phi) is 5.25. The molecule has 0 aromatic carbocycles. The Balaban J connectivity index is 2.13. The van der Waals surface area contributed by atoms with Crippen LogP contribution in [0.15, 0.2) is 17.2 Å². The minimum Gasteiger partial charge on any atom is -0.301 e. The minimum absolute atomic E-state index is 0.0934. The highest BCUT2D eigenvalue weighted by Gasteiger charge is 2.28. The average Bonchev–Trinajstić information content (AvgIpc) is 2.43. The number of piperazine rings is 1. The molecular formula is C12H17Cl2N3O2S. The molecule has 2 heterocycles. The predicted molar refractivity (Wildman–Crippen MR) is 79.7 cm³/mol. The summed E-state index contributed by atoms with van der Waals surface area (Å²) in [5, 5.41) is 0.260. The van der Waals surface area contributed by atoms with Crippen LogP contribution in [0.3, 0.4) is 0 Å². The van der Waals surface area contributed by atoms with E-state index in [0.717, 1.165) is 26.1 Å². The first-order valence-corrected chi connectivity index (χ1v) is 8.68. The highest BCUT2D eigenvalue weighted by Crippen LogP contribution is 2.24. The van der Waals surface area contributed by atoms with Gasteiger partial charge in [0.2, 0.25) is 10.0 Å². The van der Waals surface area contributed by atoms with Crippen molar-refractivity contribution >= 4 is 33.2 Å². The monoisotopic (exact) mass is 337 g/mol. The van der Waals surface area contributed by atoms with Gasteiger partial charge in [-0.05, 0) is 19.0 Å². The second-order valence-corrected chi connectivity index (χ2v) is 7.39. The molecule has 0 atom stereocenters. The molecule has 0 spiro atoms. The van der Waals surface area contributed by atoms with Crippen molar-refractivity contribution in [3.8, 4) is 0 Å². The maximum Gasteiger partial charge on any atom is 0.244 e. The molecule has 1 aromatic heterocycles. The fourth-order valence-corrected chi connectivity index (χ4v) is 3.93. The lowest BCUT2D eigenvalue weighted by molar-refractivity contribution is 0.188. The van der Waals surface area contributed by atoms with Crippen LogP contribution in [-0.4, -0.2) is 55.3 Å². The Morgan fingerprint density at radius 2 is 1.90 bits per heavy atom. The zero-order valence-corrected chi connectivity index (χ0v) is 13.5. The summed E-state index contributed by atoms with van der Waals surface area (Å²) in [6.07, 6.45) is 2.32. The minimum atomic E-state index is -3.54. The van der Waals surface area contributed by atoms with Crippen LogP contribution in [0.25, 0.3) is 0 Å². The van der Waals surface area contributed by atoms with Gasteiger partial charge in [-0.2, -0.15) is 4.31 Å². The molecule has 1 aliphatic rings. The van der Waals surface area contributed by atoms with Crippen molar-refractivity contribution in [2.45, 2.75) is 18.2 Å². The Morgan fingerprint density at radius 1 is 1.25 bits per heavy atom. The SMILES string of the molecule is CCCN1CCN(S(=O)(=O)c2cnc(Cl)c(Cl)c2)CC1. The lowest BCUT2D eigenvalue weighted by atomic mass is 10.3. The van der Waals surface area contributed by atoms with Crippen LogP contribution >= 0.6 is 23.2 Å².